The van der Waals surface area contributed by atoms with E-state index in [0.717, 1.165) is 11.5 Å². The second-order valence-corrected chi connectivity index (χ2v) is 4.95. The van der Waals surface area contributed by atoms with Crippen molar-refractivity contribution in [2.24, 2.45) is 0 Å². The maximum absolute atomic E-state index is 9.31. The van der Waals surface area contributed by atoms with Crippen molar-refractivity contribution in [2.45, 2.75) is 38.9 Å². The topological polar surface area (TPSA) is 58.9 Å². The number of aliphatic hydroxyl groups is 2. The largest absolute Gasteiger partial charge is 0.498 e. The van der Waals surface area contributed by atoms with Crippen LogP contribution in [0.4, 0.5) is 0 Å². The average molecular weight is 327 g/mol. The third kappa shape index (κ3) is 10.4. The van der Waals surface area contributed by atoms with Crippen molar-refractivity contribution in [3.63, 3.8) is 0 Å². The van der Waals surface area contributed by atoms with E-state index in [9.17, 15) is 10.2 Å². The minimum absolute atomic E-state index is 0.151. The molecule has 6 heteroatoms. The zero-order chi connectivity index (χ0) is 15.4. The van der Waals surface area contributed by atoms with Crippen LogP contribution in [-0.4, -0.2) is 47.4 Å². The molecule has 1 unspecified atom stereocenters. The Bertz CT molecular complexity index is 306. The normalized spacial score (nSPS) is 15.9. The molecular weight excluding hydrogens is 303 g/mol. The molecule has 0 bridgehead atoms. The zero-order valence-corrected chi connectivity index (χ0v) is 13.5. The summed E-state index contributed by atoms with van der Waals surface area (Å²) in [5.74, 6) is 1.83. The summed E-state index contributed by atoms with van der Waals surface area (Å²) in [4.78, 5) is 0. The van der Waals surface area contributed by atoms with Gasteiger partial charge in [-0.3, -0.25) is 0 Å². The van der Waals surface area contributed by atoms with Gasteiger partial charge in [-0.25, -0.2) is 0 Å². The molecule has 2 atom stereocenters. The number of alkyl halides is 2. The SMILES string of the molecule is CC/C(=C\C=C(/C)OCCC(O)CCl)OC[C@@H](O)CCl. The quantitative estimate of drug-likeness (QED) is 0.348. The number of aliphatic hydroxyl groups excluding tert-OH is 2. The molecule has 0 radical (unpaired) electrons. The summed E-state index contributed by atoms with van der Waals surface area (Å²) < 4.78 is 10.9. The molecule has 0 aliphatic rings. The Hall–Kier alpha value is -0.420. The highest BCUT2D eigenvalue weighted by Crippen LogP contribution is 2.07. The van der Waals surface area contributed by atoms with E-state index in [1.807, 2.05) is 13.8 Å². The van der Waals surface area contributed by atoms with E-state index < -0.39 is 12.2 Å². The first-order valence-electron chi connectivity index (χ1n) is 6.64. The predicted octanol–water partition coefficient (Wildman–Crippen LogP) is 2.81. The highest BCUT2D eigenvalue weighted by Gasteiger charge is 2.04. The van der Waals surface area contributed by atoms with Gasteiger partial charge in [0.15, 0.2) is 0 Å². The molecule has 0 aromatic heterocycles. The van der Waals surface area contributed by atoms with Crippen LogP contribution in [0.25, 0.3) is 0 Å². The summed E-state index contributed by atoms with van der Waals surface area (Å²) in [5, 5.41) is 18.6. The van der Waals surface area contributed by atoms with Crippen molar-refractivity contribution in [1.82, 2.24) is 0 Å². The van der Waals surface area contributed by atoms with Crippen LogP contribution in [0.2, 0.25) is 0 Å². The summed E-state index contributed by atoms with van der Waals surface area (Å²) in [7, 11) is 0. The van der Waals surface area contributed by atoms with E-state index in [-0.39, 0.29) is 18.4 Å². The van der Waals surface area contributed by atoms with Crippen molar-refractivity contribution in [3.8, 4) is 0 Å². The van der Waals surface area contributed by atoms with Crippen LogP contribution in [0.5, 0.6) is 0 Å². The van der Waals surface area contributed by atoms with Crippen molar-refractivity contribution >= 4 is 23.2 Å². The standard InChI is InChI=1S/C14H24Cl2O4/c1-3-14(20-10-13(18)9-16)5-4-11(2)19-7-6-12(17)8-15/h4-5,12-13,17-18H,3,6-10H2,1-2H3/b11-4+,14-5+/t12?,13-/m0/s1. The monoisotopic (exact) mass is 326 g/mol. The van der Waals surface area contributed by atoms with Crippen molar-refractivity contribution in [1.29, 1.82) is 0 Å². The molecule has 0 aliphatic carbocycles. The molecule has 0 amide bonds. The molecule has 0 aromatic rings. The number of hydrogen-bond donors (Lipinski definition) is 2. The lowest BCUT2D eigenvalue weighted by Crippen LogP contribution is -2.16. The first kappa shape index (κ1) is 19.6. The molecule has 2 N–H and O–H groups in total. The molecule has 0 fully saturated rings. The van der Waals surface area contributed by atoms with Crippen LogP contribution in [0.1, 0.15) is 26.7 Å². The number of hydrogen-bond acceptors (Lipinski definition) is 4. The van der Waals surface area contributed by atoms with Gasteiger partial charge in [0.2, 0.25) is 0 Å². The van der Waals surface area contributed by atoms with Gasteiger partial charge in [0, 0.05) is 18.7 Å². The van der Waals surface area contributed by atoms with Crippen LogP contribution < -0.4 is 0 Å². The lowest BCUT2D eigenvalue weighted by atomic mass is 10.3. The fourth-order valence-electron chi connectivity index (χ4n) is 1.21. The Morgan fingerprint density at radius 3 is 2.30 bits per heavy atom. The Kier molecular flexibility index (Phi) is 12.1. The molecule has 4 nitrogen and oxygen atoms in total. The van der Waals surface area contributed by atoms with E-state index in [1.165, 1.54) is 0 Å². The molecule has 0 spiro atoms. The van der Waals surface area contributed by atoms with Gasteiger partial charge in [-0.1, -0.05) is 6.92 Å². The van der Waals surface area contributed by atoms with Gasteiger partial charge in [0.1, 0.15) is 12.7 Å². The number of rotatable bonds is 11. The number of allylic oxidation sites excluding steroid dienone is 4. The fraction of sp³-hybridized carbons (Fsp3) is 0.714. The summed E-state index contributed by atoms with van der Waals surface area (Å²) in [6, 6.07) is 0. The van der Waals surface area contributed by atoms with Crippen LogP contribution in [0, 0.1) is 0 Å². The summed E-state index contributed by atoms with van der Waals surface area (Å²) in [6.45, 7) is 4.38. The molecule has 0 aliphatic heterocycles. The van der Waals surface area contributed by atoms with Gasteiger partial charge in [-0.05, 0) is 19.1 Å². The zero-order valence-electron chi connectivity index (χ0n) is 12.0. The smallest absolute Gasteiger partial charge is 0.115 e. The van der Waals surface area contributed by atoms with Crippen LogP contribution in [0.3, 0.4) is 0 Å². The molecule has 0 saturated carbocycles. The lowest BCUT2D eigenvalue weighted by Gasteiger charge is -2.11. The fourth-order valence-corrected chi connectivity index (χ4v) is 1.45. The second-order valence-electron chi connectivity index (χ2n) is 4.33. The van der Waals surface area contributed by atoms with Gasteiger partial charge in [0.25, 0.3) is 0 Å². The second kappa shape index (κ2) is 12.3. The van der Waals surface area contributed by atoms with Gasteiger partial charge >= 0.3 is 0 Å². The van der Waals surface area contributed by atoms with Crippen LogP contribution >= 0.6 is 23.2 Å². The molecule has 0 heterocycles. The highest BCUT2D eigenvalue weighted by molar-refractivity contribution is 6.18. The van der Waals surface area contributed by atoms with E-state index in [4.69, 9.17) is 32.7 Å². The first-order valence-corrected chi connectivity index (χ1v) is 7.71. The Labute approximate surface area is 131 Å². The maximum atomic E-state index is 9.31. The summed E-state index contributed by atoms with van der Waals surface area (Å²) in [5.41, 5.74) is 0. The van der Waals surface area contributed by atoms with E-state index in [1.54, 1.807) is 12.2 Å². The van der Waals surface area contributed by atoms with Crippen LogP contribution in [0.15, 0.2) is 23.7 Å². The third-order valence-electron chi connectivity index (χ3n) is 2.45. The predicted molar refractivity (Wildman–Crippen MR) is 82.1 cm³/mol. The summed E-state index contributed by atoms with van der Waals surface area (Å²) >= 11 is 11.0. The Balaban J connectivity index is 4.13. The number of halogens is 2. The Morgan fingerprint density at radius 1 is 1.10 bits per heavy atom. The van der Waals surface area contributed by atoms with E-state index >= 15 is 0 Å². The minimum Gasteiger partial charge on any atom is -0.498 e. The molecule has 20 heavy (non-hydrogen) atoms. The van der Waals surface area contributed by atoms with E-state index in [0.29, 0.717) is 19.4 Å². The van der Waals surface area contributed by atoms with E-state index in [2.05, 4.69) is 0 Å². The molecular formula is C14H24Cl2O4. The van der Waals surface area contributed by atoms with Gasteiger partial charge < -0.3 is 19.7 Å². The number of ether oxygens (including phenoxy) is 2. The maximum Gasteiger partial charge on any atom is 0.115 e. The highest BCUT2D eigenvalue weighted by atomic mass is 35.5. The average Bonchev–Trinajstić information content (AvgIpc) is 2.46. The van der Waals surface area contributed by atoms with Crippen molar-refractivity contribution in [3.05, 3.63) is 23.7 Å². The van der Waals surface area contributed by atoms with Crippen LogP contribution in [-0.2, 0) is 9.47 Å². The molecule has 118 valence electrons. The van der Waals surface area contributed by atoms with Crippen molar-refractivity contribution in [2.75, 3.05) is 25.0 Å². The van der Waals surface area contributed by atoms with Crippen molar-refractivity contribution < 1.29 is 19.7 Å². The summed E-state index contributed by atoms with van der Waals surface area (Å²) in [6.07, 6.45) is 3.60. The van der Waals surface area contributed by atoms with Gasteiger partial charge in [-0.2, -0.15) is 0 Å². The molecule has 0 rings (SSSR count). The minimum atomic E-state index is -0.662. The van der Waals surface area contributed by atoms with Gasteiger partial charge in [0.05, 0.1) is 30.1 Å². The Morgan fingerprint density at radius 2 is 1.75 bits per heavy atom. The molecule has 0 saturated heterocycles. The first-order chi connectivity index (χ1) is 9.53. The van der Waals surface area contributed by atoms with Gasteiger partial charge in [-0.15, -0.1) is 23.2 Å². The molecule has 0 aromatic carbocycles. The third-order valence-corrected chi connectivity index (χ3v) is 3.16. The lowest BCUT2D eigenvalue weighted by molar-refractivity contribution is 0.0831.